The summed E-state index contributed by atoms with van der Waals surface area (Å²) in [6.45, 7) is 6.48. The minimum atomic E-state index is -0.0706. The maximum Gasteiger partial charge on any atom is 0.174 e. The first-order valence-corrected chi connectivity index (χ1v) is 12.3. The maximum absolute atomic E-state index is 6.15. The van der Waals surface area contributed by atoms with Crippen LogP contribution in [0.2, 0.25) is 5.02 Å². The molecule has 1 fully saturated rings. The lowest BCUT2D eigenvalue weighted by molar-refractivity contribution is 0.565. The minimum absolute atomic E-state index is 0.0397. The van der Waals surface area contributed by atoms with E-state index in [1.807, 2.05) is 30.5 Å². The molecular weight excluding hydrogens is 460 g/mol. The van der Waals surface area contributed by atoms with E-state index in [0.717, 1.165) is 34.2 Å². The van der Waals surface area contributed by atoms with Crippen LogP contribution in [0.5, 0.6) is 0 Å². The molecule has 5 rings (SSSR count). The fraction of sp³-hybridized carbons (Fsp3) is 0.214. The smallest absolute Gasteiger partial charge is 0.174 e. The van der Waals surface area contributed by atoms with Crippen LogP contribution in [0.25, 0.3) is 5.69 Å². The van der Waals surface area contributed by atoms with E-state index in [9.17, 15) is 0 Å². The molecule has 0 aliphatic carbocycles. The second-order valence-electron chi connectivity index (χ2n) is 8.65. The lowest BCUT2D eigenvalue weighted by Crippen LogP contribution is -2.29. The van der Waals surface area contributed by atoms with Gasteiger partial charge in [0.2, 0.25) is 0 Å². The summed E-state index contributed by atoms with van der Waals surface area (Å²) in [6, 6.07) is 24.9. The molecule has 0 amide bonds. The number of anilines is 1. The van der Waals surface area contributed by atoms with Gasteiger partial charge in [-0.15, -0.1) is 0 Å². The van der Waals surface area contributed by atoms with Gasteiger partial charge in [-0.25, -0.2) is 0 Å². The number of halogens is 1. The Labute approximate surface area is 211 Å². The maximum atomic E-state index is 6.15. The molecule has 2 aromatic heterocycles. The number of nitrogens with one attached hydrogen (secondary N) is 1. The first kappa shape index (κ1) is 22.6. The van der Waals surface area contributed by atoms with Crippen LogP contribution >= 0.6 is 23.8 Å². The summed E-state index contributed by atoms with van der Waals surface area (Å²) in [5.74, 6) is 0. The third-order valence-corrected chi connectivity index (χ3v) is 7.16. The standard InChI is InChI=1S/C28H27ClN4S/c1-4-20-8-12-23(13-9-20)33-27(26(31-28(33)34)25-7-5-6-16-30-25)24-17-18(2)32(19(24)3)22-14-10-21(29)11-15-22/h5-17,26-27H,4H2,1-3H3,(H,31,34)/t26-,27+/m0/s1. The summed E-state index contributed by atoms with van der Waals surface area (Å²) in [7, 11) is 0. The first-order chi connectivity index (χ1) is 16.5. The predicted octanol–water partition coefficient (Wildman–Crippen LogP) is 6.88. The molecule has 4 nitrogen and oxygen atoms in total. The number of benzene rings is 2. The van der Waals surface area contributed by atoms with Gasteiger partial charge in [0.05, 0.1) is 17.8 Å². The predicted molar refractivity (Wildman–Crippen MR) is 144 cm³/mol. The molecule has 172 valence electrons. The van der Waals surface area contributed by atoms with Crippen LogP contribution in [-0.2, 0) is 6.42 Å². The van der Waals surface area contributed by atoms with E-state index in [1.54, 1.807) is 0 Å². The lowest BCUT2D eigenvalue weighted by Gasteiger charge is -2.28. The molecule has 1 N–H and O–H groups in total. The number of hydrogen-bond acceptors (Lipinski definition) is 2. The molecular formula is C28H27ClN4S. The van der Waals surface area contributed by atoms with E-state index >= 15 is 0 Å². The Morgan fingerprint density at radius 3 is 2.32 bits per heavy atom. The van der Waals surface area contributed by atoms with Gasteiger partial charge in [-0.05, 0) is 98.2 Å². The third kappa shape index (κ3) is 3.99. The Morgan fingerprint density at radius 2 is 1.68 bits per heavy atom. The molecule has 4 aromatic rings. The second-order valence-corrected chi connectivity index (χ2v) is 9.48. The number of aromatic nitrogens is 2. The van der Waals surface area contributed by atoms with Crippen LogP contribution in [0.1, 0.15) is 47.2 Å². The van der Waals surface area contributed by atoms with Gasteiger partial charge < -0.3 is 14.8 Å². The first-order valence-electron chi connectivity index (χ1n) is 11.5. The van der Waals surface area contributed by atoms with Crippen molar-refractivity contribution in [1.82, 2.24) is 14.9 Å². The zero-order valence-electron chi connectivity index (χ0n) is 19.5. The summed E-state index contributed by atoms with van der Waals surface area (Å²) < 4.78 is 2.28. The van der Waals surface area contributed by atoms with Crippen LogP contribution < -0.4 is 10.2 Å². The van der Waals surface area contributed by atoms with Gasteiger partial charge in [-0.2, -0.15) is 0 Å². The minimum Gasteiger partial charge on any atom is -0.351 e. The Kier molecular flexibility index (Phi) is 6.15. The highest BCUT2D eigenvalue weighted by Crippen LogP contribution is 2.43. The molecule has 0 bridgehead atoms. The number of hydrogen-bond donors (Lipinski definition) is 1. The lowest BCUT2D eigenvalue weighted by atomic mass is 9.96. The van der Waals surface area contributed by atoms with Crippen LogP contribution in [0.15, 0.2) is 79.0 Å². The SMILES string of the molecule is CCc1ccc(N2C(=S)N[C@@H](c3ccccn3)[C@H]2c2cc(C)n(-c3ccc(Cl)cc3)c2C)cc1. The highest BCUT2D eigenvalue weighted by atomic mass is 35.5. The van der Waals surface area contributed by atoms with Crippen molar-refractivity contribution < 1.29 is 0 Å². The van der Waals surface area contributed by atoms with Crippen molar-refractivity contribution in [3.63, 3.8) is 0 Å². The van der Waals surface area contributed by atoms with Gasteiger partial charge in [-0.3, -0.25) is 4.98 Å². The van der Waals surface area contributed by atoms with E-state index in [0.29, 0.717) is 5.11 Å². The van der Waals surface area contributed by atoms with Crippen LogP contribution in [0, 0.1) is 13.8 Å². The van der Waals surface area contributed by atoms with Crippen molar-refractivity contribution in [2.24, 2.45) is 0 Å². The summed E-state index contributed by atoms with van der Waals surface area (Å²) >= 11 is 12.0. The molecule has 1 aliphatic rings. The molecule has 0 unspecified atom stereocenters. The molecule has 2 atom stereocenters. The van der Waals surface area contributed by atoms with E-state index in [4.69, 9.17) is 23.8 Å². The molecule has 3 heterocycles. The van der Waals surface area contributed by atoms with Crippen molar-refractivity contribution >= 4 is 34.6 Å². The van der Waals surface area contributed by atoms with Crippen molar-refractivity contribution in [2.45, 2.75) is 39.3 Å². The molecule has 6 heteroatoms. The Balaban J connectivity index is 1.66. The number of thiocarbonyl (C=S) groups is 1. The Bertz CT molecular complexity index is 1310. The van der Waals surface area contributed by atoms with Gasteiger partial charge in [0.1, 0.15) is 0 Å². The summed E-state index contributed by atoms with van der Waals surface area (Å²) in [6.07, 6.45) is 2.85. The fourth-order valence-corrected chi connectivity index (χ4v) is 5.39. The highest BCUT2D eigenvalue weighted by molar-refractivity contribution is 7.80. The Hall–Kier alpha value is -3.15. The van der Waals surface area contributed by atoms with Gasteiger partial charge in [0.25, 0.3) is 0 Å². The molecule has 34 heavy (non-hydrogen) atoms. The average Bonchev–Trinajstić information content (AvgIpc) is 3.35. The molecule has 2 aromatic carbocycles. The average molecular weight is 487 g/mol. The number of nitrogens with zero attached hydrogens (tertiary/aromatic N) is 3. The quantitative estimate of drug-likeness (QED) is 0.311. The molecule has 0 spiro atoms. The van der Waals surface area contributed by atoms with Crippen molar-refractivity contribution in [3.05, 3.63) is 112 Å². The summed E-state index contributed by atoms with van der Waals surface area (Å²) in [5.41, 5.74) is 8.00. The number of aryl methyl sites for hydroxylation is 2. The normalized spacial score (nSPS) is 17.8. The van der Waals surface area contributed by atoms with Crippen molar-refractivity contribution in [3.8, 4) is 5.69 Å². The van der Waals surface area contributed by atoms with Crippen LogP contribution in [0.3, 0.4) is 0 Å². The van der Waals surface area contributed by atoms with Gasteiger partial charge in [0.15, 0.2) is 5.11 Å². The second kappa shape index (κ2) is 9.24. The van der Waals surface area contributed by atoms with E-state index in [-0.39, 0.29) is 12.1 Å². The van der Waals surface area contributed by atoms with E-state index in [2.05, 4.69) is 89.1 Å². The van der Waals surface area contributed by atoms with Gasteiger partial charge in [0, 0.05) is 34.0 Å². The third-order valence-electron chi connectivity index (χ3n) is 6.59. The summed E-state index contributed by atoms with van der Waals surface area (Å²) in [5, 5.41) is 5.01. The Morgan fingerprint density at radius 1 is 0.971 bits per heavy atom. The zero-order chi connectivity index (χ0) is 23.8. The molecule has 0 radical (unpaired) electrons. The van der Waals surface area contributed by atoms with Gasteiger partial charge in [-0.1, -0.05) is 36.7 Å². The number of pyridine rings is 1. The summed E-state index contributed by atoms with van der Waals surface area (Å²) in [4.78, 5) is 6.92. The van der Waals surface area contributed by atoms with Crippen LogP contribution in [0.4, 0.5) is 5.69 Å². The van der Waals surface area contributed by atoms with E-state index < -0.39 is 0 Å². The largest absolute Gasteiger partial charge is 0.351 e. The highest BCUT2D eigenvalue weighted by Gasteiger charge is 2.42. The number of rotatable bonds is 5. The van der Waals surface area contributed by atoms with Crippen molar-refractivity contribution in [2.75, 3.05) is 4.90 Å². The van der Waals surface area contributed by atoms with Crippen LogP contribution in [-0.4, -0.2) is 14.7 Å². The monoisotopic (exact) mass is 486 g/mol. The molecule has 1 saturated heterocycles. The van der Waals surface area contributed by atoms with Crippen molar-refractivity contribution in [1.29, 1.82) is 0 Å². The topological polar surface area (TPSA) is 33.1 Å². The van der Waals surface area contributed by atoms with Gasteiger partial charge >= 0.3 is 0 Å². The fourth-order valence-electron chi connectivity index (χ4n) is 4.92. The van der Waals surface area contributed by atoms with E-state index in [1.165, 1.54) is 16.8 Å². The molecule has 0 saturated carbocycles. The zero-order valence-corrected chi connectivity index (χ0v) is 21.1. The molecule has 1 aliphatic heterocycles.